The van der Waals surface area contributed by atoms with E-state index in [0.717, 1.165) is 29.9 Å². The Kier molecular flexibility index (Phi) is 9.64. The average Bonchev–Trinajstić information content (AvgIpc) is 3.71. The first-order valence-electron chi connectivity index (χ1n) is 14.2. The zero-order valence-electron chi connectivity index (χ0n) is 22.6. The third-order valence-electron chi connectivity index (χ3n) is 7.67. The van der Waals surface area contributed by atoms with Gasteiger partial charge in [-0.15, -0.1) is 0 Å². The summed E-state index contributed by atoms with van der Waals surface area (Å²) in [6, 6.07) is 12.9. The zero-order valence-corrected chi connectivity index (χ0v) is 23.4. The van der Waals surface area contributed by atoms with E-state index in [-0.39, 0.29) is 12.3 Å². The molecule has 5 nitrogen and oxygen atoms in total. The molecule has 0 radical (unpaired) electrons. The van der Waals surface area contributed by atoms with E-state index in [2.05, 4.69) is 49.2 Å². The van der Waals surface area contributed by atoms with Crippen LogP contribution in [0.3, 0.4) is 0 Å². The summed E-state index contributed by atoms with van der Waals surface area (Å²) in [5, 5.41) is 13.8. The fourth-order valence-electron chi connectivity index (χ4n) is 5.44. The Bertz CT molecular complexity index is 1050. The van der Waals surface area contributed by atoms with Gasteiger partial charge in [0.15, 0.2) is 0 Å². The summed E-state index contributed by atoms with van der Waals surface area (Å²) in [5.41, 5.74) is 4.18. The molecule has 0 aliphatic heterocycles. The number of nitrogens with zero attached hydrogens (tertiary/aromatic N) is 1. The SMILES string of the molecule is CCC(CC(=O)O)c1ccc(N(CC(C)C)C2CCCCC2)c(Nc2ccc(Cl)c(OCC3CC3)c2)c1. The standard InChI is InChI=1S/C31H43ClN2O3/c1-4-23(17-31(35)36)24-12-15-29(34(19-21(2)3)26-8-6-5-7-9-26)28(16-24)33-25-13-14-27(32)30(18-25)37-20-22-10-11-22/h12-16,18,21-23,26,33H,4-11,17,19-20H2,1-3H3,(H,35,36). The molecule has 2 N–H and O–H groups in total. The minimum absolute atomic E-state index is 0.0250. The minimum Gasteiger partial charge on any atom is -0.492 e. The summed E-state index contributed by atoms with van der Waals surface area (Å²) in [6.07, 6.45) is 9.66. The molecule has 2 aliphatic rings. The number of hydrogen-bond donors (Lipinski definition) is 2. The second-order valence-corrected chi connectivity index (χ2v) is 11.7. The molecule has 2 aromatic carbocycles. The maximum Gasteiger partial charge on any atom is 0.303 e. The summed E-state index contributed by atoms with van der Waals surface area (Å²) in [4.78, 5) is 14.1. The van der Waals surface area contributed by atoms with Gasteiger partial charge in [0.2, 0.25) is 0 Å². The van der Waals surface area contributed by atoms with Crippen LogP contribution in [0.15, 0.2) is 36.4 Å². The van der Waals surface area contributed by atoms with Crippen LogP contribution in [0.2, 0.25) is 5.02 Å². The Hall–Kier alpha value is -2.40. The highest BCUT2D eigenvalue weighted by atomic mass is 35.5. The van der Waals surface area contributed by atoms with Crippen LogP contribution in [0.1, 0.15) is 90.0 Å². The number of hydrogen-bond acceptors (Lipinski definition) is 4. The number of carbonyl (C=O) groups is 1. The highest BCUT2D eigenvalue weighted by Crippen LogP contribution is 2.39. The van der Waals surface area contributed by atoms with Crippen LogP contribution in [-0.4, -0.2) is 30.3 Å². The summed E-state index contributed by atoms with van der Waals surface area (Å²) in [7, 11) is 0. The van der Waals surface area contributed by atoms with Gasteiger partial charge in [-0.3, -0.25) is 4.79 Å². The van der Waals surface area contributed by atoms with E-state index in [4.69, 9.17) is 16.3 Å². The van der Waals surface area contributed by atoms with Gasteiger partial charge in [-0.05, 0) is 79.7 Å². The van der Waals surface area contributed by atoms with Gasteiger partial charge in [0, 0.05) is 24.3 Å². The Balaban J connectivity index is 1.70. The van der Waals surface area contributed by atoms with Gasteiger partial charge in [-0.1, -0.05) is 57.7 Å². The van der Waals surface area contributed by atoms with Crippen LogP contribution in [0.5, 0.6) is 5.75 Å². The van der Waals surface area contributed by atoms with Crippen molar-refractivity contribution in [2.45, 2.75) is 90.5 Å². The van der Waals surface area contributed by atoms with Crippen molar-refractivity contribution in [2.75, 3.05) is 23.4 Å². The van der Waals surface area contributed by atoms with Crippen LogP contribution in [-0.2, 0) is 4.79 Å². The van der Waals surface area contributed by atoms with Crippen LogP contribution >= 0.6 is 11.6 Å². The molecule has 2 fully saturated rings. The molecular formula is C31H43ClN2O3. The molecule has 0 amide bonds. The molecule has 2 aromatic rings. The van der Waals surface area contributed by atoms with Crippen molar-refractivity contribution in [3.63, 3.8) is 0 Å². The molecule has 2 saturated carbocycles. The van der Waals surface area contributed by atoms with Gasteiger partial charge < -0.3 is 20.1 Å². The Morgan fingerprint density at radius 1 is 1.11 bits per heavy atom. The number of carboxylic acids is 1. The highest BCUT2D eigenvalue weighted by Gasteiger charge is 2.26. The molecule has 4 rings (SSSR count). The smallest absolute Gasteiger partial charge is 0.303 e. The predicted octanol–water partition coefficient (Wildman–Crippen LogP) is 8.64. The third-order valence-corrected chi connectivity index (χ3v) is 7.99. The topological polar surface area (TPSA) is 61.8 Å². The largest absolute Gasteiger partial charge is 0.492 e. The zero-order chi connectivity index (χ0) is 26.4. The highest BCUT2D eigenvalue weighted by molar-refractivity contribution is 6.32. The number of rotatable bonds is 13. The maximum atomic E-state index is 11.6. The minimum atomic E-state index is -0.760. The van der Waals surface area contributed by atoms with Crippen molar-refractivity contribution in [3.05, 3.63) is 47.0 Å². The molecule has 0 spiro atoms. The summed E-state index contributed by atoms with van der Waals surface area (Å²) < 4.78 is 6.04. The first-order valence-corrected chi connectivity index (χ1v) is 14.5. The molecule has 0 aromatic heterocycles. The Morgan fingerprint density at radius 2 is 1.86 bits per heavy atom. The molecule has 6 heteroatoms. The molecular weight excluding hydrogens is 484 g/mol. The van der Waals surface area contributed by atoms with E-state index < -0.39 is 5.97 Å². The third kappa shape index (κ3) is 7.80. The van der Waals surface area contributed by atoms with Gasteiger partial charge >= 0.3 is 5.97 Å². The quantitative estimate of drug-likeness (QED) is 0.273. The fourth-order valence-corrected chi connectivity index (χ4v) is 5.61. The van der Waals surface area contributed by atoms with Crippen LogP contribution in [0.4, 0.5) is 17.1 Å². The van der Waals surface area contributed by atoms with E-state index in [1.165, 1.54) is 50.6 Å². The van der Waals surface area contributed by atoms with E-state index in [1.54, 1.807) is 0 Å². The number of nitrogens with one attached hydrogen (secondary N) is 1. The Morgan fingerprint density at radius 3 is 2.51 bits per heavy atom. The molecule has 0 heterocycles. The summed E-state index contributed by atoms with van der Waals surface area (Å²) in [6.45, 7) is 8.31. The molecule has 2 aliphatic carbocycles. The lowest BCUT2D eigenvalue weighted by Crippen LogP contribution is -2.39. The van der Waals surface area contributed by atoms with Crippen molar-refractivity contribution in [1.82, 2.24) is 0 Å². The van der Waals surface area contributed by atoms with E-state index in [1.807, 2.05) is 18.2 Å². The van der Waals surface area contributed by atoms with Crippen LogP contribution in [0.25, 0.3) is 0 Å². The van der Waals surface area contributed by atoms with E-state index in [9.17, 15) is 9.90 Å². The number of benzene rings is 2. The lowest BCUT2D eigenvalue weighted by Gasteiger charge is -2.39. The normalized spacial score (nSPS) is 17.0. The number of anilines is 3. The molecule has 1 atom stereocenters. The number of aliphatic carboxylic acids is 1. The molecule has 0 bridgehead atoms. The van der Waals surface area contributed by atoms with Crippen molar-refractivity contribution in [2.24, 2.45) is 11.8 Å². The van der Waals surface area contributed by atoms with Gasteiger partial charge in [0.05, 0.1) is 29.4 Å². The van der Waals surface area contributed by atoms with E-state index in [0.29, 0.717) is 35.3 Å². The van der Waals surface area contributed by atoms with Crippen LogP contribution < -0.4 is 15.0 Å². The molecule has 37 heavy (non-hydrogen) atoms. The van der Waals surface area contributed by atoms with Gasteiger partial charge in [-0.25, -0.2) is 0 Å². The monoisotopic (exact) mass is 526 g/mol. The number of halogens is 1. The lowest BCUT2D eigenvalue weighted by atomic mass is 9.90. The maximum absolute atomic E-state index is 11.6. The Labute approximate surface area is 227 Å². The summed E-state index contributed by atoms with van der Waals surface area (Å²) >= 11 is 6.46. The van der Waals surface area contributed by atoms with E-state index >= 15 is 0 Å². The van der Waals surface area contributed by atoms with Gasteiger partial charge in [0.1, 0.15) is 5.75 Å². The lowest BCUT2D eigenvalue weighted by molar-refractivity contribution is -0.137. The van der Waals surface area contributed by atoms with Gasteiger partial charge in [-0.2, -0.15) is 0 Å². The fraction of sp³-hybridized carbons (Fsp3) is 0.581. The van der Waals surface area contributed by atoms with Crippen molar-refractivity contribution in [1.29, 1.82) is 0 Å². The van der Waals surface area contributed by atoms with Crippen molar-refractivity contribution < 1.29 is 14.6 Å². The first kappa shape index (κ1) is 27.6. The summed E-state index contributed by atoms with van der Waals surface area (Å²) in [5.74, 6) is 1.10. The van der Waals surface area contributed by atoms with Crippen LogP contribution in [0, 0.1) is 11.8 Å². The van der Waals surface area contributed by atoms with Crippen molar-refractivity contribution in [3.8, 4) is 5.75 Å². The average molecular weight is 527 g/mol. The second-order valence-electron chi connectivity index (χ2n) is 11.3. The number of ether oxygens (including phenoxy) is 1. The van der Waals surface area contributed by atoms with Gasteiger partial charge in [0.25, 0.3) is 0 Å². The molecule has 202 valence electrons. The second kappa shape index (κ2) is 12.9. The number of carboxylic acid groups (broad SMARTS) is 1. The first-order chi connectivity index (χ1) is 17.8. The molecule has 0 saturated heterocycles. The van der Waals surface area contributed by atoms with Crippen molar-refractivity contribution >= 4 is 34.6 Å². The predicted molar refractivity (Wildman–Crippen MR) is 154 cm³/mol. The molecule has 1 unspecified atom stereocenters.